The van der Waals surface area contributed by atoms with Crippen molar-refractivity contribution in [3.8, 4) is 5.75 Å². The second-order valence-electron chi connectivity index (χ2n) is 11.2. The first-order valence-electron chi connectivity index (χ1n) is 13.3. The topological polar surface area (TPSA) is 132 Å². The minimum absolute atomic E-state index is 0.158. The van der Waals surface area contributed by atoms with Crippen LogP contribution in [0, 0.1) is 31.6 Å². The van der Waals surface area contributed by atoms with Crippen molar-refractivity contribution in [3.05, 3.63) is 87.5 Å². The molecule has 3 N–H and O–H groups in total. The third kappa shape index (κ3) is 3.76. The number of ketones is 2. The zero-order chi connectivity index (χ0) is 28.6. The molecule has 4 aliphatic rings. The fourth-order valence-corrected chi connectivity index (χ4v) is 6.98. The summed E-state index contributed by atoms with van der Waals surface area (Å²) in [5, 5.41) is 29.7. The Kier molecular flexibility index (Phi) is 6.05. The third-order valence-corrected chi connectivity index (χ3v) is 8.84. The lowest BCUT2D eigenvalue weighted by atomic mass is 9.59. The molecule has 0 aromatic heterocycles. The standard InChI is InChI=1S/C31H28BNO7/c1-14-9-17(10-15(2)28(14)35)25-20-7-8-21-26(22(20)13-23-24(34)11-16(3)29(36)27(23)25)31(38)33(30(21)37)19-6-4-5-18(12-19)32(39)40/h4-7,9-12,21-22,25-26,35,39-40H,8,13H2,1-3H3. The molecule has 4 atom stereocenters. The van der Waals surface area contributed by atoms with Crippen molar-refractivity contribution in [2.24, 2.45) is 17.8 Å². The minimum atomic E-state index is -1.75. The summed E-state index contributed by atoms with van der Waals surface area (Å²) in [6.07, 6.45) is 3.77. The van der Waals surface area contributed by atoms with Gasteiger partial charge in [0.15, 0.2) is 11.6 Å². The molecule has 1 saturated heterocycles. The third-order valence-electron chi connectivity index (χ3n) is 8.84. The summed E-state index contributed by atoms with van der Waals surface area (Å²) in [5.74, 6) is -3.52. The van der Waals surface area contributed by atoms with Crippen LogP contribution in [0.5, 0.6) is 5.75 Å². The zero-order valence-electron chi connectivity index (χ0n) is 22.3. The Hall–Kier alpha value is -4.08. The fraction of sp³-hybridized carbons (Fsp3) is 0.290. The number of amides is 2. The molecule has 1 aliphatic heterocycles. The van der Waals surface area contributed by atoms with Crippen LogP contribution in [0.25, 0.3) is 0 Å². The number of carbonyl (C=O) groups excluding carboxylic acids is 4. The number of phenols is 1. The smallest absolute Gasteiger partial charge is 0.488 e. The monoisotopic (exact) mass is 537 g/mol. The molecule has 0 spiro atoms. The van der Waals surface area contributed by atoms with Gasteiger partial charge in [0, 0.05) is 22.6 Å². The summed E-state index contributed by atoms with van der Waals surface area (Å²) in [7, 11) is -1.75. The Bertz CT molecular complexity index is 1610. The summed E-state index contributed by atoms with van der Waals surface area (Å²) in [4.78, 5) is 55.5. The number of Topliss-reactive ketones (excluding diaryl/α,β-unsaturated/α-hetero) is 1. The maximum absolute atomic E-state index is 14.0. The van der Waals surface area contributed by atoms with Crippen molar-refractivity contribution in [2.75, 3.05) is 4.90 Å². The highest BCUT2D eigenvalue weighted by Gasteiger charge is 2.56. The van der Waals surface area contributed by atoms with Crippen LogP contribution >= 0.6 is 0 Å². The Morgan fingerprint density at radius 3 is 2.30 bits per heavy atom. The average molecular weight is 537 g/mol. The molecule has 9 heteroatoms. The molecular formula is C31H28BNO7. The minimum Gasteiger partial charge on any atom is -0.507 e. The van der Waals surface area contributed by atoms with Crippen molar-refractivity contribution in [3.63, 3.8) is 0 Å². The molecule has 202 valence electrons. The number of anilines is 1. The van der Waals surface area contributed by atoms with Gasteiger partial charge in [-0.1, -0.05) is 35.9 Å². The van der Waals surface area contributed by atoms with Gasteiger partial charge in [0.05, 0.1) is 17.5 Å². The molecule has 2 aromatic carbocycles. The quantitative estimate of drug-likeness (QED) is 0.237. The molecule has 40 heavy (non-hydrogen) atoms. The second-order valence-corrected chi connectivity index (χ2v) is 11.2. The SMILES string of the molecule is CC1=CC(=O)C2=C(C1=O)C(c1cc(C)c(O)c(C)c1)C1=CCC3C(=O)N(c4cccc(B(O)O)c4)C(=O)C3C1C2. The molecule has 8 nitrogen and oxygen atoms in total. The second kappa shape index (κ2) is 9.25. The number of benzene rings is 2. The Morgan fingerprint density at radius 1 is 0.925 bits per heavy atom. The Labute approximate surface area is 231 Å². The predicted octanol–water partition coefficient (Wildman–Crippen LogP) is 2.32. The Morgan fingerprint density at radius 2 is 1.62 bits per heavy atom. The lowest BCUT2D eigenvalue weighted by molar-refractivity contribution is -0.123. The van der Waals surface area contributed by atoms with Crippen LogP contribution in [0.15, 0.2) is 70.8 Å². The summed E-state index contributed by atoms with van der Waals surface area (Å²) in [6, 6.07) is 9.68. The number of phenolic OH excluding ortho intramolecular Hbond substituents is 1. The molecule has 2 aromatic rings. The van der Waals surface area contributed by atoms with Gasteiger partial charge >= 0.3 is 7.12 Å². The summed E-state index contributed by atoms with van der Waals surface area (Å²) >= 11 is 0. The molecule has 0 saturated carbocycles. The molecule has 4 unspecified atom stereocenters. The highest BCUT2D eigenvalue weighted by atomic mass is 16.4. The maximum Gasteiger partial charge on any atom is 0.488 e. The molecule has 2 amide bonds. The van der Waals surface area contributed by atoms with Crippen LogP contribution < -0.4 is 10.4 Å². The fourth-order valence-electron chi connectivity index (χ4n) is 6.98. The molecular weight excluding hydrogens is 509 g/mol. The van der Waals surface area contributed by atoms with Crippen LogP contribution in [0.2, 0.25) is 0 Å². The average Bonchev–Trinajstić information content (AvgIpc) is 3.18. The summed E-state index contributed by atoms with van der Waals surface area (Å²) in [6.45, 7) is 5.18. The van der Waals surface area contributed by atoms with E-state index in [1.165, 1.54) is 18.2 Å². The number of rotatable bonds is 3. The van der Waals surface area contributed by atoms with Gasteiger partial charge < -0.3 is 15.2 Å². The van der Waals surface area contributed by atoms with Crippen molar-refractivity contribution in [1.82, 2.24) is 0 Å². The number of fused-ring (bicyclic) bond motifs is 3. The van der Waals surface area contributed by atoms with Crippen molar-refractivity contribution in [2.45, 2.75) is 39.5 Å². The highest BCUT2D eigenvalue weighted by Crippen LogP contribution is 2.55. The largest absolute Gasteiger partial charge is 0.507 e. The zero-order valence-corrected chi connectivity index (χ0v) is 22.3. The van der Waals surface area contributed by atoms with Gasteiger partial charge in [0.25, 0.3) is 0 Å². The van der Waals surface area contributed by atoms with Gasteiger partial charge in [-0.3, -0.25) is 24.1 Å². The number of nitrogens with zero attached hydrogens (tertiary/aromatic N) is 1. The van der Waals surface area contributed by atoms with Crippen LogP contribution in [-0.2, 0) is 19.2 Å². The molecule has 0 radical (unpaired) electrons. The van der Waals surface area contributed by atoms with Crippen molar-refractivity contribution in [1.29, 1.82) is 0 Å². The summed E-state index contributed by atoms with van der Waals surface area (Å²) < 4.78 is 0. The van der Waals surface area contributed by atoms with Crippen LogP contribution in [-0.4, -0.2) is 45.7 Å². The van der Waals surface area contributed by atoms with Gasteiger partial charge in [0.2, 0.25) is 11.8 Å². The highest BCUT2D eigenvalue weighted by molar-refractivity contribution is 6.58. The van der Waals surface area contributed by atoms with Gasteiger partial charge in [-0.15, -0.1) is 0 Å². The van der Waals surface area contributed by atoms with E-state index in [0.717, 1.165) is 16.0 Å². The molecule has 1 fully saturated rings. The van der Waals surface area contributed by atoms with Gasteiger partial charge in [-0.25, -0.2) is 0 Å². The van der Waals surface area contributed by atoms with Gasteiger partial charge in [-0.05, 0) is 79.9 Å². The van der Waals surface area contributed by atoms with Gasteiger partial charge in [0.1, 0.15) is 5.75 Å². The van der Waals surface area contributed by atoms with E-state index in [1.54, 1.807) is 32.9 Å². The Balaban J connectivity index is 1.49. The normalized spacial score (nSPS) is 25.9. The summed E-state index contributed by atoms with van der Waals surface area (Å²) in [5.41, 5.74) is 4.43. The van der Waals surface area contributed by atoms with Crippen molar-refractivity contribution < 1.29 is 34.3 Å². The van der Waals surface area contributed by atoms with E-state index in [9.17, 15) is 34.3 Å². The number of carbonyl (C=O) groups is 4. The number of hydrogen-bond donors (Lipinski definition) is 3. The van der Waals surface area contributed by atoms with Crippen LogP contribution in [0.3, 0.4) is 0 Å². The first kappa shape index (κ1) is 26.2. The van der Waals surface area contributed by atoms with Gasteiger partial charge in [-0.2, -0.15) is 0 Å². The maximum atomic E-state index is 14.0. The van der Waals surface area contributed by atoms with Crippen molar-refractivity contribution >= 4 is 41.6 Å². The molecule has 6 rings (SSSR count). The van der Waals surface area contributed by atoms with E-state index >= 15 is 0 Å². The number of allylic oxidation sites excluding steroid dienone is 6. The van der Waals surface area contributed by atoms with E-state index in [0.29, 0.717) is 34.3 Å². The van der Waals surface area contributed by atoms with E-state index in [1.807, 2.05) is 18.2 Å². The first-order valence-corrected chi connectivity index (χ1v) is 13.3. The predicted molar refractivity (Wildman–Crippen MR) is 148 cm³/mol. The number of aryl methyl sites for hydroxylation is 2. The van der Waals surface area contributed by atoms with Crippen LogP contribution in [0.4, 0.5) is 5.69 Å². The number of hydrogen-bond acceptors (Lipinski definition) is 7. The molecule has 1 heterocycles. The lowest BCUT2D eigenvalue weighted by Gasteiger charge is -2.42. The van der Waals surface area contributed by atoms with E-state index in [-0.39, 0.29) is 40.8 Å². The van der Waals surface area contributed by atoms with Crippen LogP contribution in [0.1, 0.15) is 42.4 Å². The molecule has 0 bridgehead atoms. The first-order chi connectivity index (χ1) is 19.0. The van der Waals surface area contributed by atoms with E-state index in [4.69, 9.17) is 0 Å². The lowest BCUT2D eigenvalue weighted by Crippen LogP contribution is -2.40. The van der Waals surface area contributed by atoms with E-state index < -0.39 is 36.7 Å². The van der Waals surface area contributed by atoms with E-state index in [2.05, 4.69) is 0 Å². The molecule has 3 aliphatic carbocycles. The number of aromatic hydroxyl groups is 1. The number of imide groups is 1.